The van der Waals surface area contributed by atoms with Crippen LogP contribution < -0.4 is 5.73 Å². The Morgan fingerprint density at radius 2 is 1.93 bits per heavy atom. The van der Waals surface area contributed by atoms with Crippen LogP contribution in [0, 0.1) is 5.92 Å². The van der Waals surface area contributed by atoms with E-state index in [1.54, 1.807) is 0 Å². The number of nitrogens with zero attached hydrogens (tertiary/aromatic N) is 1. The van der Waals surface area contributed by atoms with Crippen LogP contribution in [0.5, 0.6) is 0 Å². The Morgan fingerprint density at radius 1 is 1.21 bits per heavy atom. The molecule has 2 fully saturated rings. The van der Waals surface area contributed by atoms with Crippen molar-refractivity contribution in [1.82, 2.24) is 4.90 Å². The van der Waals surface area contributed by atoms with E-state index in [-0.39, 0.29) is 0 Å². The summed E-state index contributed by atoms with van der Waals surface area (Å²) in [5.74, 6) is 3.50. The molecule has 0 radical (unpaired) electrons. The second kappa shape index (κ2) is 4.86. The lowest BCUT2D eigenvalue weighted by Gasteiger charge is -2.41. The summed E-state index contributed by atoms with van der Waals surface area (Å²) < 4.78 is 0. The summed E-state index contributed by atoms with van der Waals surface area (Å²) in [7, 11) is 0. The highest BCUT2D eigenvalue weighted by molar-refractivity contribution is 7.99. The van der Waals surface area contributed by atoms with Crippen molar-refractivity contribution in [2.75, 3.05) is 24.6 Å². The lowest BCUT2D eigenvalue weighted by molar-refractivity contribution is 0.110. The largest absolute Gasteiger partial charge is 0.327 e. The molecule has 0 saturated carbocycles. The molecule has 2 aliphatic rings. The van der Waals surface area contributed by atoms with Crippen molar-refractivity contribution in [1.29, 1.82) is 0 Å². The SMILES string of the molecule is CC1CC(N)CN(C2CCSCC2)C1. The molecular weight excluding hydrogens is 192 g/mol. The molecule has 0 amide bonds. The average molecular weight is 214 g/mol. The third kappa shape index (κ3) is 2.65. The lowest BCUT2D eigenvalue weighted by atomic mass is 9.94. The standard InChI is InChI=1S/C11H22N2S/c1-9-6-10(12)8-13(7-9)11-2-4-14-5-3-11/h9-11H,2-8,12H2,1H3. The van der Waals surface area contributed by atoms with Gasteiger partial charge in [-0.25, -0.2) is 0 Å². The molecule has 82 valence electrons. The van der Waals surface area contributed by atoms with Gasteiger partial charge in [0.1, 0.15) is 0 Å². The maximum atomic E-state index is 6.08. The highest BCUT2D eigenvalue weighted by Gasteiger charge is 2.28. The Hall–Kier alpha value is 0.270. The molecule has 2 saturated heterocycles. The van der Waals surface area contributed by atoms with Crippen LogP contribution in [0.3, 0.4) is 0 Å². The van der Waals surface area contributed by atoms with E-state index < -0.39 is 0 Å². The van der Waals surface area contributed by atoms with E-state index >= 15 is 0 Å². The first-order valence-electron chi connectivity index (χ1n) is 5.83. The van der Waals surface area contributed by atoms with E-state index in [9.17, 15) is 0 Å². The fourth-order valence-electron chi connectivity index (χ4n) is 2.79. The molecular formula is C11H22N2S. The number of likely N-dealkylation sites (tertiary alicyclic amines) is 1. The van der Waals surface area contributed by atoms with Crippen molar-refractivity contribution in [3.05, 3.63) is 0 Å². The van der Waals surface area contributed by atoms with Gasteiger partial charge in [-0.1, -0.05) is 6.92 Å². The Balaban J connectivity index is 1.88. The average Bonchev–Trinajstić information content (AvgIpc) is 2.18. The maximum Gasteiger partial charge on any atom is 0.0170 e. The fraction of sp³-hybridized carbons (Fsp3) is 1.00. The molecule has 0 bridgehead atoms. The second-order valence-corrected chi connectivity index (χ2v) is 6.12. The van der Waals surface area contributed by atoms with Gasteiger partial charge in [-0.3, -0.25) is 4.90 Å². The fourth-order valence-corrected chi connectivity index (χ4v) is 3.87. The quantitative estimate of drug-likeness (QED) is 0.718. The van der Waals surface area contributed by atoms with Crippen molar-refractivity contribution in [2.24, 2.45) is 11.7 Å². The molecule has 0 aliphatic carbocycles. The molecule has 14 heavy (non-hydrogen) atoms. The molecule has 3 heteroatoms. The number of nitrogens with two attached hydrogens (primary N) is 1. The van der Waals surface area contributed by atoms with Gasteiger partial charge < -0.3 is 5.73 Å². The van der Waals surface area contributed by atoms with Crippen LogP contribution in [0.1, 0.15) is 26.2 Å². The zero-order chi connectivity index (χ0) is 9.97. The minimum atomic E-state index is 0.424. The van der Waals surface area contributed by atoms with Gasteiger partial charge in [-0.15, -0.1) is 0 Å². The first-order valence-corrected chi connectivity index (χ1v) is 6.98. The van der Waals surface area contributed by atoms with E-state index in [0.29, 0.717) is 6.04 Å². The topological polar surface area (TPSA) is 29.3 Å². The van der Waals surface area contributed by atoms with Crippen molar-refractivity contribution in [3.8, 4) is 0 Å². The molecule has 2 atom stereocenters. The highest BCUT2D eigenvalue weighted by Crippen LogP contribution is 2.25. The summed E-state index contributed by atoms with van der Waals surface area (Å²) >= 11 is 2.11. The predicted octanol–water partition coefficient (Wildman–Crippen LogP) is 1.55. The molecule has 2 aliphatic heterocycles. The molecule has 2 N–H and O–H groups in total. The first-order chi connectivity index (χ1) is 6.75. The maximum absolute atomic E-state index is 6.08. The van der Waals surface area contributed by atoms with Crippen molar-refractivity contribution in [3.63, 3.8) is 0 Å². The van der Waals surface area contributed by atoms with Crippen LogP contribution in [0.15, 0.2) is 0 Å². The van der Waals surface area contributed by atoms with E-state index in [4.69, 9.17) is 5.73 Å². The van der Waals surface area contributed by atoms with Crippen LogP contribution in [-0.2, 0) is 0 Å². The Bertz CT molecular complexity index is 170. The summed E-state index contributed by atoms with van der Waals surface area (Å²) in [5, 5.41) is 0. The minimum absolute atomic E-state index is 0.424. The van der Waals surface area contributed by atoms with Gasteiger partial charge in [-0.2, -0.15) is 11.8 Å². The van der Waals surface area contributed by atoms with E-state index in [2.05, 4.69) is 23.6 Å². The number of thioether (sulfide) groups is 1. The zero-order valence-corrected chi connectivity index (χ0v) is 9.93. The normalized spacial score (nSPS) is 37.3. The molecule has 2 unspecified atom stereocenters. The van der Waals surface area contributed by atoms with Gasteiger partial charge in [-0.05, 0) is 36.7 Å². The third-order valence-corrected chi connectivity index (χ3v) is 4.48. The van der Waals surface area contributed by atoms with Crippen LogP contribution in [-0.4, -0.2) is 41.6 Å². The van der Waals surface area contributed by atoms with E-state index in [0.717, 1.165) is 18.5 Å². The summed E-state index contributed by atoms with van der Waals surface area (Å²) in [4.78, 5) is 2.65. The monoisotopic (exact) mass is 214 g/mol. The first kappa shape index (κ1) is 10.8. The van der Waals surface area contributed by atoms with Crippen molar-refractivity contribution in [2.45, 2.75) is 38.3 Å². The third-order valence-electron chi connectivity index (χ3n) is 3.43. The summed E-state index contributed by atoms with van der Waals surface area (Å²) in [5.41, 5.74) is 6.08. The van der Waals surface area contributed by atoms with Crippen LogP contribution >= 0.6 is 11.8 Å². The lowest BCUT2D eigenvalue weighted by Crippen LogP contribution is -2.51. The molecule has 0 aromatic carbocycles. The van der Waals surface area contributed by atoms with Crippen LogP contribution in [0.4, 0.5) is 0 Å². The zero-order valence-electron chi connectivity index (χ0n) is 9.11. The second-order valence-electron chi connectivity index (χ2n) is 4.90. The van der Waals surface area contributed by atoms with Crippen molar-refractivity contribution >= 4 is 11.8 Å². The molecule has 0 aromatic heterocycles. The highest BCUT2D eigenvalue weighted by atomic mass is 32.2. The smallest absolute Gasteiger partial charge is 0.0170 e. The molecule has 2 heterocycles. The molecule has 2 nitrogen and oxygen atoms in total. The Morgan fingerprint density at radius 3 is 2.57 bits per heavy atom. The molecule has 0 spiro atoms. The van der Waals surface area contributed by atoms with Gasteiger partial charge in [0, 0.05) is 25.2 Å². The number of rotatable bonds is 1. The van der Waals surface area contributed by atoms with E-state index in [1.807, 2.05) is 0 Å². The van der Waals surface area contributed by atoms with Gasteiger partial charge in [0.15, 0.2) is 0 Å². The van der Waals surface area contributed by atoms with Gasteiger partial charge in [0.2, 0.25) is 0 Å². The predicted molar refractivity (Wildman–Crippen MR) is 63.7 cm³/mol. The minimum Gasteiger partial charge on any atom is -0.327 e. The molecule has 2 rings (SSSR count). The summed E-state index contributed by atoms with van der Waals surface area (Å²) in [6, 6.07) is 1.26. The van der Waals surface area contributed by atoms with Crippen molar-refractivity contribution < 1.29 is 0 Å². The van der Waals surface area contributed by atoms with Gasteiger partial charge >= 0.3 is 0 Å². The van der Waals surface area contributed by atoms with Gasteiger partial charge in [0.25, 0.3) is 0 Å². The number of piperidine rings is 1. The van der Waals surface area contributed by atoms with E-state index in [1.165, 1.54) is 37.3 Å². The molecule has 0 aromatic rings. The Labute approximate surface area is 91.6 Å². The van der Waals surface area contributed by atoms with Crippen LogP contribution in [0.25, 0.3) is 0 Å². The van der Waals surface area contributed by atoms with Crippen LogP contribution in [0.2, 0.25) is 0 Å². The van der Waals surface area contributed by atoms with Gasteiger partial charge in [0.05, 0.1) is 0 Å². The summed E-state index contributed by atoms with van der Waals surface area (Å²) in [6.45, 7) is 4.76. The Kier molecular flexibility index (Phi) is 3.74. The number of hydrogen-bond acceptors (Lipinski definition) is 3. The number of hydrogen-bond donors (Lipinski definition) is 1. The summed E-state index contributed by atoms with van der Waals surface area (Å²) in [6.07, 6.45) is 3.98.